The van der Waals surface area contributed by atoms with Gasteiger partial charge in [-0.3, -0.25) is 4.79 Å². The number of rotatable bonds is 2. The zero-order valence-electron chi connectivity index (χ0n) is 10.9. The maximum atomic E-state index is 13.1. The minimum Gasteiger partial charge on any atom is -0.490 e. The van der Waals surface area contributed by atoms with Gasteiger partial charge in [-0.15, -0.1) is 0 Å². The molecular weight excluding hydrogens is 278 g/mol. The molecule has 0 bridgehead atoms. The summed E-state index contributed by atoms with van der Waals surface area (Å²) in [7, 11) is 0. The monoisotopic (exact) mass is 290 g/mol. The number of ether oxygens (including phenoxy) is 1. The Labute approximate surface area is 119 Å². The lowest BCUT2D eigenvalue weighted by molar-refractivity contribution is 0.102. The van der Waals surface area contributed by atoms with Crippen molar-refractivity contribution in [3.05, 3.63) is 59.2 Å². The van der Waals surface area contributed by atoms with E-state index < -0.39 is 17.5 Å². The number of carbonyl (C=O) groups excluding carboxylic acids is 1. The minimum atomic E-state index is -1.02. The third-order valence-electron chi connectivity index (χ3n) is 3.27. The summed E-state index contributed by atoms with van der Waals surface area (Å²) < 4.78 is 31.4. The summed E-state index contributed by atoms with van der Waals surface area (Å²) in [5.74, 6) is -2.02. The van der Waals surface area contributed by atoms with E-state index in [1.807, 2.05) is 0 Å². The first-order valence-electron chi connectivity index (χ1n) is 6.34. The molecule has 1 unspecified atom stereocenters. The molecule has 2 aromatic rings. The third kappa shape index (κ3) is 2.45. The van der Waals surface area contributed by atoms with Crippen molar-refractivity contribution >= 4 is 11.6 Å². The summed E-state index contributed by atoms with van der Waals surface area (Å²) >= 11 is 0. The molecule has 1 amide bonds. The predicted octanol–water partition coefficient (Wildman–Crippen LogP) is 2.61. The van der Waals surface area contributed by atoms with Crippen LogP contribution >= 0.6 is 0 Å². The van der Waals surface area contributed by atoms with Crippen molar-refractivity contribution in [1.29, 1.82) is 0 Å². The zero-order chi connectivity index (χ0) is 15.0. The van der Waals surface area contributed by atoms with Crippen molar-refractivity contribution in [2.75, 3.05) is 11.9 Å². The smallest absolute Gasteiger partial charge is 0.259 e. The molecule has 1 atom stereocenters. The van der Waals surface area contributed by atoms with Gasteiger partial charge in [0.2, 0.25) is 0 Å². The van der Waals surface area contributed by atoms with Gasteiger partial charge in [0.05, 0.1) is 11.6 Å². The van der Waals surface area contributed by atoms with E-state index in [1.165, 1.54) is 6.07 Å². The highest BCUT2D eigenvalue weighted by molar-refractivity contribution is 6.06. The van der Waals surface area contributed by atoms with Crippen molar-refractivity contribution in [2.24, 2.45) is 5.73 Å². The van der Waals surface area contributed by atoms with Gasteiger partial charge in [0.25, 0.3) is 5.91 Å². The average Bonchev–Trinajstić information content (AvgIpc) is 2.85. The fourth-order valence-corrected chi connectivity index (χ4v) is 2.22. The molecule has 0 saturated carbocycles. The van der Waals surface area contributed by atoms with Crippen molar-refractivity contribution < 1.29 is 18.3 Å². The Morgan fingerprint density at radius 2 is 2.05 bits per heavy atom. The van der Waals surface area contributed by atoms with Gasteiger partial charge in [0, 0.05) is 17.3 Å². The molecule has 4 nitrogen and oxygen atoms in total. The molecule has 0 aliphatic carbocycles. The van der Waals surface area contributed by atoms with Crippen LogP contribution in [0.4, 0.5) is 14.5 Å². The highest BCUT2D eigenvalue weighted by atomic mass is 19.2. The van der Waals surface area contributed by atoms with Crippen molar-refractivity contribution in [1.82, 2.24) is 0 Å². The highest BCUT2D eigenvalue weighted by Gasteiger charge is 2.25. The number of hydrogen-bond acceptors (Lipinski definition) is 3. The molecule has 0 fully saturated rings. The van der Waals surface area contributed by atoms with Gasteiger partial charge < -0.3 is 15.8 Å². The number of fused-ring (bicyclic) bond motifs is 1. The molecule has 2 aromatic carbocycles. The van der Waals surface area contributed by atoms with E-state index in [0.717, 1.165) is 17.7 Å². The van der Waals surface area contributed by atoms with Gasteiger partial charge in [0.15, 0.2) is 11.6 Å². The van der Waals surface area contributed by atoms with Crippen LogP contribution in [0, 0.1) is 11.6 Å². The Bertz CT molecular complexity index is 719. The molecule has 0 radical (unpaired) electrons. The molecule has 108 valence electrons. The highest BCUT2D eigenvalue weighted by Crippen LogP contribution is 2.34. The summed E-state index contributed by atoms with van der Waals surface area (Å²) in [5, 5.41) is 2.50. The van der Waals surface area contributed by atoms with Crippen LogP contribution in [0.3, 0.4) is 0 Å². The van der Waals surface area contributed by atoms with E-state index in [-0.39, 0.29) is 11.7 Å². The summed E-state index contributed by atoms with van der Waals surface area (Å²) in [6.45, 7) is 0.310. The Morgan fingerprint density at radius 1 is 1.24 bits per heavy atom. The number of amides is 1. The molecule has 1 heterocycles. The first-order chi connectivity index (χ1) is 10.1. The second kappa shape index (κ2) is 5.14. The van der Waals surface area contributed by atoms with Gasteiger partial charge in [-0.2, -0.15) is 0 Å². The van der Waals surface area contributed by atoms with Gasteiger partial charge in [-0.1, -0.05) is 12.1 Å². The van der Waals surface area contributed by atoms with Gasteiger partial charge in [0.1, 0.15) is 12.4 Å². The quantitative estimate of drug-likeness (QED) is 0.893. The normalized spacial score (nSPS) is 16.2. The van der Waals surface area contributed by atoms with E-state index in [1.54, 1.807) is 18.2 Å². The third-order valence-corrected chi connectivity index (χ3v) is 3.27. The lowest BCUT2D eigenvalue weighted by Gasteiger charge is -2.09. The SMILES string of the molecule is NC1COc2c(C(=O)Nc3ccc(F)c(F)c3)cccc21. The minimum absolute atomic E-state index is 0.166. The molecule has 21 heavy (non-hydrogen) atoms. The first kappa shape index (κ1) is 13.5. The maximum Gasteiger partial charge on any atom is 0.259 e. The van der Waals surface area contributed by atoms with Crippen LogP contribution in [0.5, 0.6) is 5.75 Å². The van der Waals surface area contributed by atoms with Crippen molar-refractivity contribution in [2.45, 2.75) is 6.04 Å². The molecular formula is C15H12F2N2O2. The number of para-hydroxylation sites is 1. The number of hydrogen-bond donors (Lipinski definition) is 2. The number of nitrogens with one attached hydrogen (secondary N) is 1. The molecule has 1 aliphatic rings. The molecule has 3 rings (SSSR count). The number of nitrogens with two attached hydrogens (primary N) is 1. The maximum absolute atomic E-state index is 13.1. The summed E-state index contributed by atoms with van der Waals surface area (Å²) in [5.41, 5.74) is 7.09. The fourth-order valence-electron chi connectivity index (χ4n) is 2.22. The van der Waals surface area contributed by atoms with E-state index >= 15 is 0 Å². The van der Waals surface area contributed by atoms with E-state index in [0.29, 0.717) is 17.9 Å². The van der Waals surface area contributed by atoms with Crippen molar-refractivity contribution in [3.8, 4) is 5.75 Å². The van der Waals surface area contributed by atoms with Crippen molar-refractivity contribution in [3.63, 3.8) is 0 Å². The molecule has 3 N–H and O–H groups in total. The van der Waals surface area contributed by atoms with Crippen LogP contribution in [0.25, 0.3) is 0 Å². The summed E-state index contributed by atoms with van der Waals surface area (Å²) in [4.78, 5) is 12.2. The topological polar surface area (TPSA) is 64.3 Å². The lowest BCUT2D eigenvalue weighted by Crippen LogP contribution is -2.13. The molecule has 0 spiro atoms. The Morgan fingerprint density at radius 3 is 2.81 bits per heavy atom. The zero-order valence-corrected chi connectivity index (χ0v) is 10.9. The van der Waals surface area contributed by atoms with Crippen LogP contribution < -0.4 is 15.8 Å². The van der Waals surface area contributed by atoms with Gasteiger partial charge in [-0.05, 0) is 18.2 Å². The van der Waals surface area contributed by atoms with Gasteiger partial charge >= 0.3 is 0 Å². The Kier molecular flexibility index (Phi) is 3.31. The summed E-state index contributed by atoms with van der Waals surface area (Å²) in [6, 6.07) is 7.97. The molecule has 0 saturated heterocycles. The number of benzene rings is 2. The summed E-state index contributed by atoms with van der Waals surface area (Å²) in [6.07, 6.45) is 0. The number of carbonyl (C=O) groups is 1. The number of anilines is 1. The van der Waals surface area contributed by atoms with Gasteiger partial charge in [-0.25, -0.2) is 8.78 Å². The second-order valence-electron chi connectivity index (χ2n) is 4.72. The average molecular weight is 290 g/mol. The Hall–Kier alpha value is -2.47. The van der Waals surface area contributed by atoms with Crippen LogP contribution in [0.2, 0.25) is 0 Å². The lowest BCUT2D eigenvalue weighted by atomic mass is 10.0. The van der Waals surface area contributed by atoms with E-state index in [2.05, 4.69) is 5.32 Å². The van der Waals surface area contributed by atoms with E-state index in [9.17, 15) is 13.6 Å². The fraction of sp³-hybridized carbons (Fsp3) is 0.133. The number of halogens is 2. The first-order valence-corrected chi connectivity index (χ1v) is 6.34. The molecule has 0 aromatic heterocycles. The van der Waals surface area contributed by atoms with Crippen LogP contribution in [-0.2, 0) is 0 Å². The van der Waals surface area contributed by atoms with Crippen LogP contribution in [0.15, 0.2) is 36.4 Å². The van der Waals surface area contributed by atoms with Crippen LogP contribution in [-0.4, -0.2) is 12.5 Å². The second-order valence-corrected chi connectivity index (χ2v) is 4.72. The predicted molar refractivity (Wildman–Crippen MR) is 73.2 cm³/mol. The standard InChI is InChI=1S/C15H12F2N2O2/c16-11-5-4-8(6-12(11)17)19-15(20)10-3-1-2-9-13(18)7-21-14(9)10/h1-6,13H,7,18H2,(H,19,20). The van der Waals surface area contributed by atoms with E-state index in [4.69, 9.17) is 10.5 Å². The molecule has 1 aliphatic heterocycles. The van der Waals surface area contributed by atoms with Crippen LogP contribution in [0.1, 0.15) is 22.0 Å². The largest absolute Gasteiger partial charge is 0.490 e. The molecule has 6 heteroatoms. The Balaban J connectivity index is 1.88.